The van der Waals surface area contributed by atoms with Crippen LogP contribution < -0.4 is 4.90 Å². The molecule has 2 aliphatic rings. The van der Waals surface area contributed by atoms with Crippen LogP contribution in [-0.4, -0.2) is 48.2 Å². The Hall–Kier alpha value is -1.07. The van der Waals surface area contributed by atoms with E-state index in [0.717, 1.165) is 23.2 Å². The van der Waals surface area contributed by atoms with Crippen molar-refractivity contribution in [3.8, 4) is 0 Å². The average Bonchev–Trinajstić information content (AvgIpc) is 2.64. The highest BCUT2D eigenvalue weighted by atomic mass is 79.9. The van der Waals surface area contributed by atoms with Crippen molar-refractivity contribution in [2.45, 2.75) is 31.3 Å². The summed E-state index contributed by atoms with van der Waals surface area (Å²) in [6.07, 6.45) is 3.76. The van der Waals surface area contributed by atoms with Gasteiger partial charge in [0, 0.05) is 29.6 Å². The summed E-state index contributed by atoms with van der Waals surface area (Å²) in [6, 6.07) is 6.64. The summed E-state index contributed by atoms with van der Waals surface area (Å²) in [4.78, 5) is 15.9. The van der Waals surface area contributed by atoms with Crippen LogP contribution in [0.15, 0.2) is 22.7 Å². The van der Waals surface area contributed by atoms with Crippen LogP contribution in [0.25, 0.3) is 0 Å². The maximum atomic E-state index is 11.0. The van der Waals surface area contributed by atoms with Gasteiger partial charge in [-0.2, -0.15) is 0 Å². The molecule has 0 radical (unpaired) electrons. The van der Waals surface area contributed by atoms with Crippen molar-refractivity contribution in [1.82, 2.24) is 4.90 Å². The third kappa shape index (κ3) is 2.44. The molecule has 2 unspecified atom stereocenters. The molecule has 3 rings (SSSR count). The molecule has 5 heteroatoms. The molecule has 0 saturated carbocycles. The Bertz CT molecular complexity index is 535. The van der Waals surface area contributed by atoms with Gasteiger partial charge in [-0.15, -0.1) is 0 Å². The highest BCUT2D eigenvalue weighted by Crippen LogP contribution is 2.34. The number of carbonyl (C=O) groups is 1. The zero-order valence-corrected chi connectivity index (χ0v) is 13.1. The van der Waals surface area contributed by atoms with Crippen LogP contribution in [0.2, 0.25) is 0 Å². The van der Waals surface area contributed by atoms with Gasteiger partial charge >= 0.3 is 5.97 Å². The first kappa shape index (κ1) is 13.9. The molecule has 2 heterocycles. The number of hydrogen-bond donors (Lipinski definition) is 1. The number of benzene rings is 1. The Balaban J connectivity index is 1.84. The highest BCUT2D eigenvalue weighted by Gasteiger charge is 2.35. The van der Waals surface area contributed by atoms with Gasteiger partial charge in [-0.3, -0.25) is 4.90 Å². The van der Waals surface area contributed by atoms with E-state index in [1.165, 1.54) is 19.3 Å². The zero-order valence-electron chi connectivity index (χ0n) is 11.6. The van der Waals surface area contributed by atoms with Crippen molar-refractivity contribution in [3.63, 3.8) is 0 Å². The molecular formula is C15H19BrN2O2. The van der Waals surface area contributed by atoms with E-state index in [4.69, 9.17) is 5.11 Å². The second-order valence-corrected chi connectivity index (χ2v) is 6.61. The second-order valence-electron chi connectivity index (χ2n) is 5.76. The van der Waals surface area contributed by atoms with Gasteiger partial charge in [-0.1, -0.05) is 0 Å². The molecule has 0 aliphatic carbocycles. The predicted molar refractivity (Wildman–Crippen MR) is 82.5 cm³/mol. The summed E-state index contributed by atoms with van der Waals surface area (Å²) in [5.74, 6) is -0.882. The highest BCUT2D eigenvalue weighted by molar-refractivity contribution is 9.10. The number of carboxylic acids is 1. The van der Waals surface area contributed by atoms with Gasteiger partial charge in [0.15, 0.2) is 0 Å². The van der Waals surface area contributed by atoms with Gasteiger partial charge in [-0.05, 0) is 60.4 Å². The molecule has 2 bridgehead atoms. The third-order valence-electron chi connectivity index (χ3n) is 4.68. The summed E-state index contributed by atoms with van der Waals surface area (Å²) >= 11 is 3.53. The van der Waals surface area contributed by atoms with Crippen molar-refractivity contribution in [1.29, 1.82) is 0 Å². The topological polar surface area (TPSA) is 43.8 Å². The number of hydrogen-bond acceptors (Lipinski definition) is 3. The molecule has 2 fully saturated rings. The fraction of sp³-hybridized carbons (Fsp3) is 0.533. The number of aromatic carboxylic acids is 1. The van der Waals surface area contributed by atoms with Gasteiger partial charge in [0.1, 0.15) is 0 Å². The van der Waals surface area contributed by atoms with Crippen molar-refractivity contribution in [2.75, 3.05) is 25.0 Å². The maximum Gasteiger partial charge on any atom is 0.335 e. The Labute approximate surface area is 127 Å². The monoisotopic (exact) mass is 338 g/mol. The molecule has 2 aliphatic heterocycles. The number of fused-ring (bicyclic) bond motifs is 2. The van der Waals surface area contributed by atoms with Crippen molar-refractivity contribution < 1.29 is 9.90 Å². The van der Waals surface area contributed by atoms with Crippen LogP contribution in [0, 0.1) is 0 Å². The lowest BCUT2D eigenvalue weighted by Crippen LogP contribution is -2.36. The molecule has 2 saturated heterocycles. The number of rotatable bonds is 2. The van der Waals surface area contributed by atoms with E-state index < -0.39 is 5.97 Å². The normalized spacial score (nSPS) is 26.6. The van der Waals surface area contributed by atoms with E-state index >= 15 is 0 Å². The van der Waals surface area contributed by atoms with Crippen LogP contribution in [0.3, 0.4) is 0 Å². The van der Waals surface area contributed by atoms with Gasteiger partial charge in [0.25, 0.3) is 0 Å². The molecule has 1 N–H and O–H groups in total. The third-order valence-corrected chi connectivity index (χ3v) is 5.32. The SMILES string of the molecule is CN1C2CCC1CN(c1ccc(C(=O)O)cc1Br)CC2. The van der Waals surface area contributed by atoms with Gasteiger partial charge in [-0.25, -0.2) is 4.79 Å². The molecule has 1 aromatic rings. The summed E-state index contributed by atoms with van der Waals surface area (Å²) in [7, 11) is 2.23. The Morgan fingerprint density at radius 3 is 2.75 bits per heavy atom. The average molecular weight is 339 g/mol. The van der Waals surface area contributed by atoms with E-state index in [1.54, 1.807) is 12.1 Å². The fourth-order valence-corrected chi connectivity index (χ4v) is 4.05. The summed E-state index contributed by atoms with van der Waals surface area (Å²) in [6.45, 7) is 2.06. The fourth-order valence-electron chi connectivity index (χ4n) is 3.42. The van der Waals surface area contributed by atoms with Crippen LogP contribution >= 0.6 is 15.9 Å². The number of carboxylic acid groups (broad SMARTS) is 1. The molecule has 0 spiro atoms. The van der Waals surface area contributed by atoms with Crippen LogP contribution in [0.4, 0.5) is 5.69 Å². The first-order valence-electron chi connectivity index (χ1n) is 7.06. The predicted octanol–water partition coefficient (Wildman–Crippen LogP) is 2.82. The minimum Gasteiger partial charge on any atom is -0.478 e. The molecule has 108 valence electrons. The minimum absolute atomic E-state index is 0.328. The van der Waals surface area contributed by atoms with E-state index in [-0.39, 0.29) is 0 Å². The van der Waals surface area contributed by atoms with Gasteiger partial charge in [0.2, 0.25) is 0 Å². The number of halogens is 1. The van der Waals surface area contributed by atoms with Crippen LogP contribution in [0.5, 0.6) is 0 Å². The van der Waals surface area contributed by atoms with Gasteiger partial charge < -0.3 is 10.0 Å². The lowest BCUT2D eigenvalue weighted by molar-refractivity contribution is 0.0697. The lowest BCUT2D eigenvalue weighted by atomic mass is 10.1. The van der Waals surface area contributed by atoms with E-state index in [0.29, 0.717) is 17.6 Å². The second kappa shape index (κ2) is 5.37. The minimum atomic E-state index is -0.882. The largest absolute Gasteiger partial charge is 0.478 e. The van der Waals surface area contributed by atoms with Crippen molar-refractivity contribution in [3.05, 3.63) is 28.2 Å². The van der Waals surface area contributed by atoms with Crippen LogP contribution in [0.1, 0.15) is 29.6 Å². The quantitative estimate of drug-likeness (QED) is 0.900. The van der Waals surface area contributed by atoms with E-state index in [9.17, 15) is 4.79 Å². The van der Waals surface area contributed by atoms with E-state index in [1.807, 2.05) is 6.07 Å². The van der Waals surface area contributed by atoms with Gasteiger partial charge in [0.05, 0.1) is 11.3 Å². The zero-order chi connectivity index (χ0) is 14.3. The summed E-state index contributed by atoms with van der Waals surface area (Å²) in [5.41, 5.74) is 1.44. The van der Waals surface area contributed by atoms with Crippen LogP contribution in [-0.2, 0) is 0 Å². The molecule has 0 amide bonds. The summed E-state index contributed by atoms with van der Waals surface area (Å²) in [5, 5.41) is 9.04. The number of anilines is 1. The first-order chi connectivity index (χ1) is 9.56. The maximum absolute atomic E-state index is 11.0. The smallest absolute Gasteiger partial charge is 0.335 e. The Morgan fingerprint density at radius 1 is 1.30 bits per heavy atom. The Kier molecular flexibility index (Phi) is 3.73. The molecule has 0 aromatic heterocycles. The molecule has 2 atom stereocenters. The molecule has 20 heavy (non-hydrogen) atoms. The van der Waals surface area contributed by atoms with Crippen molar-refractivity contribution in [2.24, 2.45) is 0 Å². The molecule has 1 aromatic carbocycles. The number of nitrogens with zero attached hydrogens (tertiary/aromatic N) is 2. The van der Waals surface area contributed by atoms with E-state index in [2.05, 4.69) is 32.8 Å². The standard InChI is InChI=1S/C15H19BrN2O2/c1-17-11-3-4-12(17)9-18(7-6-11)14-5-2-10(15(19)20)8-13(14)16/h2,5,8,11-12H,3-4,6-7,9H2,1H3,(H,19,20). The Morgan fingerprint density at radius 2 is 2.05 bits per heavy atom. The first-order valence-corrected chi connectivity index (χ1v) is 7.85. The molecular weight excluding hydrogens is 320 g/mol. The van der Waals surface area contributed by atoms with Crippen molar-refractivity contribution >= 4 is 27.6 Å². The molecule has 4 nitrogen and oxygen atoms in total. The summed E-state index contributed by atoms with van der Waals surface area (Å²) < 4.78 is 0.873. The number of likely N-dealkylation sites (N-methyl/N-ethyl adjacent to an activating group) is 1. The lowest BCUT2D eigenvalue weighted by Gasteiger charge is -2.28.